The lowest BCUT2D eigenvalue weighted by atomic mass is 10.0. The predicted molar refractivity (Wildman–Crippen MR) is 118 cm³/mol. The quantitative estimate of drug-likeness (QED) is 0.195. The van der Waals surface area contributed by atoms with Crippen molar-refractivity contribution >= 4 is 17.8 Å². The van der Waals surface area contributed by atoms with Crippen molar-refractivity contribution in [1.82, 2.24) is 0 Å². The Balaban J connectivity index is 2.17. The third-order valence-corrected chi connectivity index (χ3v) is 4.43. The van der Waals surface area contributed by atoms with Crippen molar-refractivity contribution in [3.05, 3.63) is 70.8 Å². The monoisotopic (exact) mass is 408 g/mol. The van der Waals surface area contributed by atoms with Crippen LogP contribution in [0.3, 0.4) is 0 Å². The van der Waals surface area contributed by atoms with Crippen molar-refractivity contribution in [1.29, 1.82) is 0 Å². The third kappa shape index (κ3) is 6.34. The van der Waals surface area contributed by atoms with E-state index in [1.807, 2.05) is 26.8 Å². The molecule has 1 N–H and O–H groups in total. The maximum Gasteiger partial charge on any atom is 0.311 e. The Morgan fingerprint density at radius 1 is 1.07 bits per heavy atom. The van der Waals surface area contributed by atoms with Gasteiger partial charge in [-0.1, -0.05) is 36.8 Å². The first kappa shape index (κ1) is 22.9. The highest BCUT2D eigenvalue weighted by Crippen LogP contribution is 2.33. The lowest BCUT2D eigenvalue weighted by Crippen LogP contribution is -2.06. The minimum Gasteiger partial charge on any atom is -0.507 e. The number of rotatable bonds is 9. The highest BCUT2D eigenvalue weighted by Gasteiger charge is 2.16. The van der Waals surface area contributed by atoms with Crippen LogP contribution in [0.25, 0.3) is 6.08 Å². The lowest BCUT2D eigenvalue weighted by molar-refractivity contribution is -0.134. The van der Waals surface area contributed by atoms with Gasteiger partial charge in [0.25, 0.3) is 0 Å². The van der Waals surface area contributed by atoms with Crippen molar-refractivity contribution in [3.8, 4) is 17.2 Å². The van der Waals surface area contributed by atoms with Crippen LogP contribution in [0.4, 0.5) is 0 Å². The molecule has 0 fully saturated rings. The highest BCUT2D eigenvalue weighted by molar-refractivity contribution is 6.09. The fraction of sp³-hybridized carbons (Fsp3) is 0.280. The van der Waals surface area contributed by atoms with E-state index in [0.29, 0.717) is 29.9 Å². The number of ether oxygens (including phenoxy) is 2. The molecule has 0 spiro atoms. The Morgan fingerprint density at radius 3 is 2.37 bits per heavy atom. The van der Waals surface area contributed by atoms with Crippen LogP contribution < -0.4 is 9.47 Å². The number of aromatic hydroxyl groups is 1. The average Bonchev–Trinajstić information content (AvgIpc) is 2.71. The Labute approximate surface area is 177 Å². The Bertz CT molecular complexity index is 948. The predicted octanol–water partition coefficient (Wildman–Crippen LogP) is 5.51. The van der Waals surface area contributed by atoms with Gasteiger partial charge in [0.05, 0.1) is 12.7 Å². The Hall–Kier alpha value is -3.34. The molecule has 0 aliphatic carbocycles. The van der Waals surface area contributed by atoms with Gasteiger partial charge < -0.3 is 14.6 Å². The Morgan fingerprint density at radius 2 is 1.77 bits per heavy atom. The van der Waals surface area contributed by atoms with Crippen LogP contribution in [-0.4, -0.2) is 24.0 Å². The van der Waals surface area contributed by atoms with E-state index in [9.17, 15) is 14.7 Å². The van der Waals surface area contributed by atoms with Crippen molar-refractivity contribution in [2.45, 2.75) is 40.0 Å². The third-order valence-electron chi connectivity index (χ3n) is 4.43. The van der Waals surface area contributed by atoms with Crippen molar-refractivity contribution in [2.24, 2.45) is 0 Å². The molecule has 0 unspecified atom stereocenters. The second-order valence-corrected chi connectivity index (χ2v) is 7.12. The molecule has 2 aromatic carbocycles. The number of phenols is 1. The zero-order valence-electron chi connectivity index (χ0n) is 17.9. The van der Waals surface area contributed by atoms with Gasteiger partial charge in [0.2, 0.25) is 0 Å². The summed E-state index contributed by atoms with van der Waals surface area (Å²) in [4.78, 5) is 24.2. The largest absolute Gasteiger partial charge is 0.507 e. The summed E-state index contributed by atoms with van der Waals surface area (Å²) in [5, 5.41) is 10.6. The molecule has 0 amide bonds. The van der Waals surface area contributed by atoms with Crippen LogP contribution >= 0.6 is 0 Å². The summed E-state index contributed by atoms with van der Waals surface area (Å²) in [6.07, 6.45) is 6.60. The number of methoxy groups -OCH3 is 1. The molecular formula is C25H28O5. The number of hydrogen-bond acceptors (Lipinski definition) is 5. The molecule has 0 heterocycles. The second kappa shape index (κ2) is 11.0. The first-order valence-corrected chi connectivity index (χ1v) is 9.91. The average molecular weight is 408 g/mol. The van der Waals surface area contributed by atoms with Gasteiger partial charge in [0, 0.05) is 12.0 Å². The smallest absolute Gasteiger partial charge is 0.311 e. The van der Waals surface area contributed by atoms with E-state index in [1.54, 1.807) is 42.5 Å². The SMILES string of the molecule is CCCC(=O)Oc1ccc(/C=C/C(=O)c2ccc(OC)c(CC=C(C)C)c2O)cc1. The van der Waals surface area contributed by atoms with Gasteiger partial charge in [0.15, 0.2) is 5.78 Å². The van der Waals surface area contributed by atoms with Crippen LogP contribution in [0, 0.1) is 0 Å². The van der Waals surface area contributed by atoms with Gasteiger partial charge in [-0.3, -0.25) is 9.59 Å². The minimum absolute atomic E-state index is 0.0697. The molecule has 0 radical (unpaired) electrons. The molecule has 0 atom stereocenters. The van der Waals surface area contributed by atoms with E-state index in [0.717, 1.165) is 17.6 Å². The molecule has 2 aromatic rings. The standard InChI is InChI=1S/C25H28O5/c1-5-6-24(27)30-19-11-8-18(9-12-19)10-15-22(26)20-14-16-23(29-4)21(25(20)28)13-7-17(2)3/h7-12,14-16,28H,5-6,13H2,1-4H3/b15-10+. The molecule has 5 nitrogen and oxygen atoms in total. The number of carbonyl (C=O) groups excluding carboxylic acids is 2. The van der Waals surface area contributed by atoms with Crippen LogP contribution in [0.5, 0.6) is 17.2 Å². The fourth-order valence-electron chi connectivity index (χ4n) is 2.81. The minimum atomic E-state index is -0.313. The first-order chi connectivity index (χ1) is 14.3. The number of hydrogen-bond donors (Lipinski definition) is 1. The van der Waals surface area contributed by atoms with Gasteiger partial charge in [-0.2, -0.15) is 0 Å². The maximum atomic E-state index is 12.6. The lowest BCUT2D eigenvalue weighted by Gasteiger charge is -2.12. The summed E-state index contributed by atoms with van der Waals surface area (Å²) >= 11 is 0. The normalized spacial score (nSPS) is 10.7. The molecule has 5 heteroatoms. The van der Waals surface area contributed by atoms with E-state index in [2.05, 4.69) is 0 Å². The number of ketones is 1. The van der Waals surface area contributed by atoms with Crippen LogP contribution in [0.1, 0.15) is 55.1 Å². The topological polar surface area (TPSA) is 72.8 Å². The van der Waals surface area contributed by atoms with E-state index in [4.69, 9.17) is 9.47 Å². The Kier molecular flexibility index (Phi) is 8.41. The second-order valence-electron chi connectivity index (χ2n) is 7.12. The van der Waals surface area contributed by atoms with E-state index in [1.165, 1.54) is 13.2 Å². The number of carbonyl (C=O) groups is 2. The molecule has 0 saturated heterocycles. The van der Waals surface area contributed by atoms with Gasteiger partial charge in [0.1, 0.15) is 17.2 Å². The summed E-state index contributed by atoms with van der Waals surface area (Å²) in [7, 11) is 1.53. The summed E-state index contributed by atoms with van der Waals surface area (Å²) in [6.45, 7) is 5.85. The van der Waals surface area contributed by atoms with Gasteiger partial charge in [-0.05, 0) is 62.6 Å². The number of esters is 1. The summed E-state index contributed by atoms with van der Waals surface area (Å²) in [5.74, 6) is 0.356. The van der Waals surface area contributed by atoms with Crippen LogP contribution in [0.2, 0.25) is 0 Å². The fourth-order valence-corrected chi connectivity index (χ4v) is 2.81. The van der Waals surface area contributed by atoms with Crippen LogP contribution in [-0.2, 0) is 11.2 Å². The zero-order valence-corrected chi connectivity index (χ0v) is 17.9. The van der Waals surface area contributed by atoms with Crippen molar-refractivity contribution in [3.63, 3.8) is 0 Å². The molecule has 0 saturated carbocycles. The molecule has 0 bridgehead atoms. The molecule has 30 heavy (non-hydrogen) atoms. The van der Waals surface area contributed by atoms with Gasteiger partial charge in [-0.15, -0.1) is 0 Å². The number of allylic oxidation sites excluding steroid dienone is 3. The molecular weight excluding hydrogens is 380 g/mol. The van der Waals surface area contributed by atoms with Crippen molar-refractivity contribution in [2.75, 3.05) is 7.11 Å². The van der Waals surface area contributed by atoms with Gasteiger partial charge >= 0.3 is 5.97 Å². The zero-order chi connectivity index (χ0) is 22.1. The highest BCUT2D eigenvalue weighted by atomic mass is 16.5. The molecule has 0 aliphatic heterocycles. The molecule has 158 valence electrons. The number of benzene rings is 2. The van der Waals surface area contributed by atoms with Crippen LogP contribution in [0.15, 0.2) is 54.1 Å². The summed E-state index contributed by atoms with van der Waals surface area (Å²) in [6, 6.07) is 10.1. The van der Waals surface area contributed by atoms with E-state index < -0.39 is 0 Å². The van der Waals surface area contributed by atoms with Gasteiger partial charge in [-0.25, -0.2) is 0 Å². The maximum absolute atomic E-state index is 12.6. The summed E-state index contributed by atoms with van der Waals surface area (Å²) in [5.41, 5.74) is 2.68. The van der Waals surface area contributed by atoms with E-state index >= 15 is 0 Å². The van der Waals surface area contributed by atoms with Crippen molar-refractivity contribution < 1.29 is 24.2 Å². The number of phenolic OH excluding ortho intramolecular Hbond substituents is 1. The van der Waals surface area contributed by atoms with E-state index in [-0.39, 0.29) is 23.1 Å². The first-order valence-electron chi connectivity index (χ1n) is 9.91. The molecule has 0 aromatic heterocycles. The molecule has 2 rings (SSSR count). The molecule has 0 aliphatic rings. The summed E-state index contributed by atoms with van der Waals surface area (Å²) < 4.78 is 10.5.